The van der Waals surface area contributed by atoms with E-state index in [1.807, 2.05) is 6.07 Å². The Balaban J connectivity index is 2.23. The lowest BCUT2D eigenvalue weighted by molar-refractivity contribution is -0.385. The second kappa shape index (κ2) is 5.74. The molecule has 0 aliphatic rings. The van der Waals surface area contributed by atoms with Crippen molar-refractivity contribution < 1.29 is 14.8 Å². The van der Waals surface area contributed by atoms with Crippen molar-refractivity contribution in [2.75, 3.05) is 5.32 Å². The Bertz CT molecular complexity index is 645. The molecule has 0 bridgehead atoms. The van der Waals surface area contributed by atoms with Gasteiger partial charge in [0.1, 0.15) is 17.6 Å². The van der Waals surface area contributed by atoms with E-state index < -0.39 is 10.9 Å². The van der Waals surface area contributed by atoms with Crippen LogP contribution >= 0.6 is 0 Å². The molecule has 102 valence electrons. The Morgan fingerprint density at radius 2 is 2.25 bits per heavy atom. The highest BCUT2D eigenvalue weighted by Crippen LogP contribution is 2.19. The summed E-state index contributed by atoms with van der Waals surface area (Å²) >= 11 is 0. The van der Waals surface area contributed by atoms with Crippen LogP contribution in [0.3, 0.4) is 0 Å². The Labute approximate surface area is 113 Å². The van der Waals surface area contributed by atoms with Crippen molar-refractivity contribution in [3.8, 4) is 0 Å². The van der Waals surface area contributed by atoms with E-state index >= 15 is 0 Å². The van der Waals surface area contributed by atoms with E-state index in [1.165, 1.54) is 0 Å². The third-order valence-corrected chi connectivity index (χ3v) is 2.50. The van der Waals surface area contributed by atoms with Gasteiger partial charge in [0.25, 0.3) is 5.69 Å². The van der Waals surface area contributed by atoms with Crippen molar-refractivity contribution >= 4 is 17.5 Å². The molecule has 0 amide bonds. The Hall–Kier alpha value is -3.03. The predicted octanol–water partition coefficient (Wildman–Crippen LogP) is 1.70. The van der Waals surface area contributed by atoms with Crippen LogP contribution in [0.2, 0.25) is 0 Å². The zero-order chi connectivity index (χ0) is 14.5. The fraction of sp³-hybridized carbons (Fsp3) is 0.0833. The number of aromatic carboxylic acids is 1. The van der Waals surface area contributed by atoms with Crippen molar-refractivity contribution in [3.63, 3.8) is 0 Å². The molecule has 0 aromatic carbocycles. The molecule has 2 heterocycles. The summed E-state index contributed by atoms with van der Waals surface area (Å²) in [5, 5.41) is 22.5. The van der Waals surface area contributed by atoms with Gasteiger partial charge in [-0.15, -0.1) is 0 Å². The second-order valence-electron chi connectivity index (χ2n) is 3.87. The van der Waals surface area contributed by atoms with E-state index in [1.54, 1.807) is 18.5 Å². The minimum atomic E-state index is -1.28. The van der Waals surface area contributed by atoms with Gasteiger partial charge in [-0.1, -0.05) is 6.07 Å². The average molecular weight is 274 g/mol. The van der Waals surface area contributed by atoms with E-state index in [0.717, 1.165) is 17.8 Å². The summed E-state index contributed by atoms with van der Waals surface area (Å²) < 4.78 is 0. The van der Waals surface area contributed by atoms with Crippen LogP contribution in [0.4, 0.5) is 11.5 Å². The van der Waals surface area contributed by atoms with Gasteiger partial charge >= 0.3 is 5.97 Å². The van der Waals surface area contributed by atoms with E-state index in [0.29, 0.717) is 6.54 Å². The molecule has 20 heavy (non-hydrogen) atoms. The summed E-state index contributed by atoms with van der Waals surface area (Å²) in [7, 11) is 0. The Kier molecular flexibility index (Phi) is 3.85. The average Bonchev–Trinajstić information content (AvgIpc) is 2.45. The number of nitro groups is 1. The summed E-state index contributed by atoms with van der Waals surface area (Å²) in [6, 6.07) is 4.53. The molecule has 0 fully saturated rings. The van der Waals surface area contributed by atoms with Crippen LogP contribution in [0, 0.1) is 10.1 Å². The molecule has 2 rings (SSSR count). The van der Waals surface area contributed by atoms with Gasteiger partial charge in [0.2, 0.25) is 0 Å². The zero-order valence-electron chi connectivity index (χ0n) is 10.2. The number of rotatable bonds is 5. The first kappa shape index (κ1) is 13.4. The molecular formula is C12H10N4O4. The van der Waals surface area contributed by atoms with Crippen molar-refractivity contribution in [3.05, 3.63) is 58.0 Å². The van der Waals surface area contributed by atoms with E-state index in [2.05, 4.69) is 15.3 Å². The first-order chi connectivity index (χ1) is 9.58. The van der Waals surface area contributed by atoms with Crippen LogP contribution in [-0.4, -0.2) is 26.0 Å². The fourth-order valence-electron chi connectivity index (χ4n) is 1.55. The molecule has 2 N–H and O–H groups in total. The van der Waals surface area contributed by atoms with Crippen LogP contribution in [0.25, 0.3) is 0 Å². The molecule has 0 saturated heterocycles. The molecule has 2 aromatic heterocycles. The number of nitrogens with zero attached hydrogens (tertiary/aromatic N) is 3. The van der Waals surface area contributed by atoms with Crippen molar-refractivity contribution in [1.29, 1.82) is 0 Å². The van der Waals surface area contributed by atoms with Gasteiger partial charge in [-0.2, -0.15) is 0 Å². The van der Waals surface area contributed by atoms with E-state index in [9.17, 15) is 14.9 Å². The molecule has 0 atom stereocenters. The molecule has 8 heteroatoms. The van der Waals surface area contributed by atoms with Crippen LogP contribution in [0.1, 0.15) is 15.9 Å². The van der Waals surface area contributed by atoms with E-state index in [4.69, 9.17) is 5.11 Å². The monoisotopic (exact) mass is 274 g/mol. The summed E-state index contributed by atoms with van der Waals surface area (Å²) in [4.78, 5) is 28.7. The summed E-state index contributed by atoms with van der Waals surface area (Å²) in [5.41, 5.74) is 0.224. The van der Waals surface area contributed by atoms with Gasteiger partial charge in [0.15, 0.2) is 0 Å². The summed E-state index contributed by atoms with van der Waals surface area (Å²) in [6.07, 6.45) is 4.26. The third kappa shape index (κ3) is 3.05. The van der Waals surface area contributed by atoms with Crippen LogP contribution < -0.4 is 5.32 Å². The highest BCUT2D eigenvalue weighted by Gasteiger charge is 2.17. The Morgan fingerprint density at radius 3 is 2.85 bits per heavy atom. The number of nitrogens with one attached hydrogen (secondary N) is 1. The molecule has 2 aromatic rings. The van der Waals surface area contributed by atoms with Gasteiger partial charge in [-0.05, 0) is 11.6 Å². The van der Waals surface area contributed by atoms with Crippen LogP contribution in [-0.2, 0) is 6.54 Å². The summed E-state index contributed by atoms with van der Waals surface area (Å²) in [6.45, 7) is 0.318. The number of aromatic nitrogens is 2. The van der Waals surface area contributed by atoms with Gasteiger partial charge < -0.3 is 10.4 Å². The van der Waals surface area contributed by atoms with Gasteiger partial charge in [0.05, 0.1) is 4.92 Å². The molecule has 0 aliphatic carbocycles. The lowest BCUT2D eigenvalue weighted by Gasteiger charge is -2.08. The third-order valence-electron chi connectivity index (χ3n) is 2.50. The number of carboxylic acids is 1. The smallest absolute Gasteiger partial charge is 0.339 e. The number of carboxylic acid groups (broad SMARTS) is 1. The first-order valence-electron chi connectivity index (χ1n) is 5.58. The quantitative estimate of drug-likeness (QED) is 0.629. The normalized spacial score (nSPS) is 10.0. The molecule has 0 spiro atoms. The molecule has 0 aliphatic heterocycles. The van der Waals surface area contributed by atoms with Gasteiger partial charge in [-0.3, -0.25) is 15.1 Å². The molecule has 8 nitrogen and oxygen atoms in total. The fourth-order valence-corrected chi connectivity index (χ4v) is 1.55. The predicted molar refractivity (Wildman–Crippen MR) is 69.4 cm³/mol. The number of pyridine rings is 2. The van der Waals surface area contributed by atoms with Crippen LogP contribution in [0.5, 0.6) is 0 Å². The lowest BCUT2D eigenvalue weighted by atomic mass is 10.2. The highest BCUT2D eigenvalue weighted by atomic mass is 16.6. The molecule has 0 unspecified atom stereocenters. The number of anilines is 1. The van der Waals surface area contributed by atoms with Crippen LogP contribution in [0.15, 0.2) is 36.8 Å². The van der Waals surface area contributed by atoms with Crippen molar-refractivity contribution in [2.45, 2.75) is 6.54 Å². The Morgan fingerprint density at radius 1 is 1.45 bits per heavy atom. The maximum absolute atomic E-state index is 11.1. The number of carbonyl (C=O) groups is 1. The second-order valence-corrected chi connectivity index (χ2v) is 3.87. The van der Waals surface area contributed by atoms with Crippen molar-refractivity contribution in [2.24, 2.45) is 0 Å². The highest BCUT2D eigenvalue weighted by molar-refractivity contribution is 5.93. The van der Waals surface area contributed by atoms with Crippen molar-refractivity contribution in [1.82, 2.24) is 9.97 Å². The SMILES string of the molecule is O=C(O)c1cc([N+](=O)[O-])cnc1NCc1cccnc1. The standard InChI is InChI=1S/C12H10N4O4/c17-12(18)10-4-9(16(19)20)7-15-11(10)14-6-8-2-1-3-13-5-8/h1-5,7H,6H2,(H,14,15)(H,17,18). The zero-order valence-corrected chi connectivity index (χ0v) is 10.2. The maximum atomic E-state index is 11.1. The van der Waals surface area contributed by atoms with Gasteiger partial charge in [0, 0.05) is 25.0 Å². The number of hydrogen-bond acceptors (Lipinski definition) is 6. The largest absolute Gasteiger partial charge is 0.478 e. The lowest BCUT2D eigenvalue weighted by Crippen LogP contribution is -2.09. The number of hydrogen-bond donors (Lipinski definition) is 2. The molecule has 0 radical (unpaired) electrons. The maximum Gasteiger partial charge on any atom is 0.339 e. The van der Waals surface area contributed by atoms with E-state index in [-0.39, 0.29) is 17.1 Å². The molecule has 0 saturated carbocycles. The van der Waals surface area contributed by atoms with Gasteiger partial charge in [-0.25, -0.2) is 9.78 Å². The summed E-state index contributed by atoms with van der Waals surface area (Å²) in [5.74, 6) is -1.21. The molecular weight excluding hydrogens is 264 g/mol. The minimum absolute atomic E-state index is 0.0759. The first-order valence-corrected chi connectivity index (χ1v) is 5.58. The topological polar surface area (TPSA) is 118 Å². The minimum Gasteiger partial charge on any atom is -0.478 e.